The summed E-state index contributed by atoms with van der Waals surface area (Å²) < 4.78 is 49.2. The standard InChI is InChI=1S/C23H24F3N5O2/c1-13(2)31(4)22-27-18-10-7-16(11-19(18)28-22)21-29-20(33-30-21)12-32-14(3)15-5-8-17(9-6-15)23(24,25)26/h5-11,13-14H,12H2,1-4H3,(H,27,28). The number of hydrogen-bond donors (Lipinski definition) is 1. The van der Waals surface area contributed by atoms with Gasteiger partial charge in [-0.15, -0.1) is 0 Å². The molecule has 0 amide bonds. The highest BCUT2D eigenvalue weighted by Gasteiger charge is 2.30. The second-order valence-electron chi connectivity index (χ2n) is 8.08. The molecule has 2 aromatic heterocycles. The summed E-state index contributed by atoms with van der Waals surface area (Å²) in [6.07, 6.45) is -4.81. The molecule has 1 unspecified atom stereocenters. The lowest BCUT2D eigenvalue weighted by atomic mass is 10.1. The molecule has 0 bridgehead atoms. The Balaban J connectivity index is 1.43. The Morgan fingerprint density at radius 3 is 2.45 bits per heavy atom. The van der Waals surface area contributed by atoms with Gasteiger partial charge in [-0.1, -0.05) is 17.3 Å². The number of nitrogens with one attached hydrogen (secondary N) is 1. The van der Waals surface area contributed by atoms with Crippen molar-refractivity contribution in [3.05, 3.63) is 59.5 Å². The van der Waals surface area contributed by atoms with E-state index in [4.69, 9.17) is 9.26 Å². The van der Waals surface area contributed by atoms with E-state index in [-0.39, 0.29) is 12.5 Å². The van der Waals surface area contributed by atoms with Crippen molar-refractivity contribution in [2.24, 2.45) is 0 Å². The molecule has 7 nitrogen and oxygen atoms in total. The number of fused-ring (bicyclic) bond motifs is 1. The number of alkyl halides is 3. The zero-order valence-electron chi connectivity index (χ0n) is 18.6. The van der Waals surface area contributed by atoms with E-state index in [0.717, 1.165) is 34.7 Å². The normalized spacial score (nSPS) is 13.1. The van der Waals surface area contributed by atoms with E-state index in [1.54, 1.807) is 6.92 Å². The van der Waals surface area contributed by atoms with Crippen LogP contribution >= 0.6 is 0 Å². The van der Waals surface area contributed by atoms with Crippen LogP contribution in [0.15, 0.2) is 47.0 Å². The highest BCUT2D eigenvalue weighted by atomic mass is 19.4. The highest BCUT2D eigenvalue weighted by Crippen LogP contribution is 2.30. The van der Waals surface area contributed by atoms with Gasteiger partial charge < -0.3 is 19.1 Å². The van der Waals surface area contributed by atoms with Crippen molar-refractivity contribution in [1.29, 1.82) is 0 Å². The number of benzene rings is 2. The zero-order valence-corrected chi connectivity index (χ0v) is 18.6. The summed E-state index contributed by atoms with van der Waals surface area (Å²) in [5.41, 5.74) is 2.37. The number of ether oxygens (including phenoxy) is 1. The molecule has 0 fully saturated rings. The predicted molar refractivity (Wildman–Crippen MR) is 118 cm³/mol. The van der Waals surface area contributed by atoms with E-state index >= 15 is 0 Å². The lowest BCUT2D eigenvalue weighted by Gasteiger charge is -2.19. The molecular formula is C23H24F3N5O2. The number of aromatic nitrogens is 4. The van der Waals surface area contributed by atoms with E-state index in [9.17, 15) is 13.2 Å². The maximum atomic E-state index is 12.7. The third-order valence-electron chi connectivity index (χ3n) is 5.47. The lowest BCUT2D eigenvalue weighted by Crippen LogP contribution is -2.26. The second-order valence-corrected chi connectivity index (χ2v) is 8.08. The lowest BCUT2D eigenvalue weighted by molar-refractivity contribution is -0.137. The molecule has 0 aliphatic heterocycles. The van der Waals surface area contributed by atoms with Crippen LogP contribution < -0.4 is 4.90 Å². The van der Waals surface area contributed by atoms with Crippen LogP contribution in [0, 0.1) is 0 Å². The first-order chi connectivity index (χ1) is 15.6. The van der Waals surface area contributed by atoms with Crippen LogP contribution in [0.5, 0.6) is 0 Å². The van der Waals surface area contributed by atoms with Crippen molar-refractivity contribution >= 4 is 17.0 Å². The summed E-state index contributed by atoms with van der Waals surface area (Å²) in [7, 11) is 1.97. The molecule has 0 radical (unpaired) electrons. The smallest absolute Gasteiger partial charge is 0.364 e. The van der Waals surface area contributed by atoms with Crippen molar-refractivity contribution < 1.29 is 22.4 Å². The average molecular weight is 459 g/mol. The van der Waals surface area contributed by atoms with Crippen molar-refractivity contribution in [2.75, 3.05) is 11.9 Å². The number of halogens is 3. The molecule has 0 saturated heterocycles. The van der Waals surface area contributed by atoms with Crippen LogP contribution in [-0.4, -0.2) is 33.2 Å². The molecule has 0 saturated carbocycles. The van der Waals surface area contributed by atoms with Gasteiger partial charge in [0.05, 0.1) is 22.7 Å². The molecular weight excluding hydrogens is 435 g/mol. The van der Waals surface area contributed by atoms with Gasteiger partial charge in [0.15, 0.2) is 0 Å². The fourth-order valence-corrected chi connectivity index (χ4v) is 3.21. The van der Waals surface area contributed by atoms with Gasteiger partial charge in [-0.05, 0) is 56.7 Å². The van der Waals surface area contributed by atoms with Crippen LogP contribution in [0.1, 0.15) is 43.9 Å². The van der Waals surface area contributed by atoms with E-state index < -0.39 is 17.8 Å². The van der Waals surface area contributed by atoms with E-state index in [1.165, 1.54) is 12.1 Å². The van der Waals surface area contributed by atoms with E-state index in [1.807, 2.05) is 30.1 Å². The van der Waals surface area contributed by atoms with Gasteiger partial charge in [0.25, 0.3) is 5.89 Å². The molecule has 174 valence electrons. The summed E-state index contributed by atoms with van der Waals surface area (Å²) in [6, 6.07) is 10.8. The Kier molecular flexibility index (Phi) is 6.11. The van der Waals surface area contributed by atoms with Gasteiger partial charge in [-0.25, -0.2) is 4.98 Å². The third-order valence-corrected chi connectivity index (χ3v) is 5.47. The number of aromatic amines is 1. The molecule has 1 atom stereocenters. The van der Waals surface area contributed by atoms with E-state index in [2.05, 4.69) is 34.0 Å². The minimum absolute atomic E-state index is 0.0326. The maximum Gasteiger partial charge on any atom is 0.416 e. The second kappa shape index (κ2) is 8.86. The first-order valence-electron chi connectivity index (χ1n) is 10.5. The number of rotatable bonds is 7. The van der Waals surface area contributed by atoms with Crippen molar-refractivity contribution in [3.63, 3.8) is 0 Å². The van der Waals surface area contributed by atoms with Gasteiger partial charge in [0.2, 0.25) is 11.8 Å². The molecule has 0 aliphatic rings. The minimum atomic E-state index is -4.37. The number of hydrogen-bond acceptors (Lipinski definition) is 6. The van der Waals surface area contributed by atoms with Gasteiger partial charge >= 0.3 is 6.18 Å². The van der Waals surface area contributed by atoms with Gasteiger partial charge in [0, 0.05) is 18.7 Å². The predicted octanol–water partition coefficient (Wildman–Crippen LogP) is 5.75. The Bertz CT molecular complexity index is 1230. The molecule has 4 rings (SSSR count). The third kappa shape index (κ3) is 5.00. The van der Waals surface area contributed by atoms with Gasteiger partial charge in [-0.3, -0.25) is 0 Å². The molecule has 1 N–H and O–H groups in total. The van der Waals surface area contributed by atoms with Crippen LogP contribution in [0.3, 0.4) is 0 Å². The average Bonchev–Trinajstić information content (AvgIpc) is 3.42. The first-order valence-corrected chi connectivity index (χ1v) is 10.5. The maximum absolute atomic E-state index is 12.7. The number of nitrogens with zero attached hydrogens (tertiary/aromatic N) is 4. The number of imidazole rings is 1. The van der Waals surface area contributed by atoms with Crippen LogP contribution in [0.4, 0.5) is 19.1 Å². The molecule has 0 spiro atoms. The van der Waals surface area contributed by atoms with Crippen molar-refractivity contribution in [2.45, 2.75) is 45.7 Å². The summed E-state index contributed by atoms with van der Waals surface area (Å²) >= 11 is 0. The summed E-state index contributed by atoms with van der Waals surface area (Å²) in [5, 5.41) is 4.02. The van der Waals surface area contributed by atoms with Crippen LogP contribution in [0.2, 0.25) is 0 Å². The Morgan fingerprint density at radius 2 is 1.79 bits per heavy atom. The van der Waals surface area contributed by atoms with Crippen molar-refractivity contribution in [1.82, 2.24) is 20.1 Å². The SMILES string of the molecule is CC(OCc1nc(-c2ccc3nc(N(C)C(C)C)[nH]c3c2)no1)c1ccc(C(F)(F)F)cc1. The Hall–Kier alpha value is -3.40. The summed E-state index contributed by atoms with van der Waals surface area (Å²) in [5.74, 6) is 1.45. The van der Waals surface area contributed by atoms with Crippen LogP contribution in [0.25, 0.3) is 22.4 Å². The Morgan fingerprint density at radius 1 is 1.06 bits per heavy atom. The minimum Gasteiger partial charge on any atom is -0.364 e. The first kappa shape index (κ1) is 22.8. The monoisotopic (exact) mass is 459 g/mol. The fourth-order valence-electron chi connectivity index (χ4n) is 3.21. The van der Waals surface area contributed by atoms with Crippen molar-refractivity contribution in [3.8, 4) is 11.4 Å². The largest absolute Gasteiger partial charge is 0.416 e. The number of anilines is 1. The summed E-state index contributed by atoms with van der Waals surface area (Å²) in [6.45, 7) is 5.95. The zero-order chi connectivity index (χ0) is 23.8. The van der Waals surface area contributed by atoms with Gasteiger partial charge in [0.1, 0.15) is 6.61 Å². The quantitative estimate of drug-likeness (QED) is 0.379. The topological polar surface area (TPSA) is 80.1 Å². The Labute approximate surface area is 188 Å². The molecule has 33 heavy (non-hydrogen) atoms. The fraction of sp³-hybridized carbons (Fsp3) is 0.348. The molecule has 10 heteroatoms. The highest BCUT2D eigenvalue weighted by molar-refractivity contribution is 5.82. The van der Waals surface area contributed by atoms with Crippen LogP contribution in [-0.2, 0) is 17.5 Å². The molecule has 2 aromatic carbocycles. The molecule has 4 aromatic rings. The summed E-state index contributed by atoms with van der Waals surface area (Å²) in [4.78, 5) is 14.3. The number of H-pyrrole nitrogens is 1. The molecule has 0 aliphatic carbocycles. The van der Waals surface area contributed by atoms with Gasteiger partial charge in [-0.2, -0.15) is 18.2 Å². The van der Waals surface area contributed by atoms with E-state index in [0.29, 0.717) is 17.4 Å². The molecule has 2 heterocycles.